The molecule has 1 aromatic rings. The van der Waals surface area contributed by atoms with Gasteiger partial charge in [0.15, 0.2) is 5.69 Å². The van der Waals surface area contributed by atoms with Crippen molar-refractivity contribution in [1.29, 1.82) is 0 Å². The quantitative estimate of drug-likeness (QED) is 0.568. The van der Waals surface area contributed by atoms with Crippen molar-refractivity contribution in [3.8, 4) is 0 Å². The van der Waals surface area contributed by atoms with Crippen LogP contribution in [-0.4, -0.2) is 21.0 Å². The van der Waals surface area contributed by atoms with Gasteiger partial charge < -0.3 is 5.11 Å². The number of rotatable bonds is 2. The Bertz CT molecular complexity index is 414. The molecule has 0 aliphatic carbocycles. The fourth-order valence-corrected chi connectivity index (χ4v) is 1.22. The first-order valence-electron chi connectivity index (χ1n) is 3.79. The molecular formula is C8H8N2O4. The molecule has 0 spiro atoms. The standard InChI is InChI=1S/C8H8N2O4/c1-4-3-9-6(8(11)12)5(2)7(4)10(13)14/h3H,1-2H3,(H,11,12). The summed E-state index contributed by atoms with van der Waals surface area (Å²) in [6, 6.07) is 0. The zero-order valence-electron chi connectivity index (χ0n) is 7.64. The summed E-state index contributed by atoms with van der Waals surface area (Å²) >= 11 is 0. The summed E-state index contributed by atoms with van der Waals surface area (Å²) in [5, 5.41) is 19.3. The van der Waals surface area contributed by atoms with E-state index in [0.29, 0.717) is 5.56 Å². The van der Waals surface area contributed by atoms with Crippen LogP contribution in [0, 0.1) is 24.0 Å². The van der Waals surface area contributed by atoms with Crippen molar-refractivity contribution in [2.75, 3.05) is 0 Å². The highest BCUT2D eigenvalue weighted by molar-refractivity contribution is 5.88. The van der Waals surface area contributed by atoms with Gasteiger partial charge in [0.1, 0.15) is 0 Å². The highest BCUT2D eigenvalue weighted by Crippen LogP contribution is 2.23. The van der Waals surface area contributed by atoms with Crippen molar-refractivity contribution in [3.63, 3.8) is 0 Å². The number of carboxylic acid groups (broad SMARTS) is 1. The number of nitro groups is 1. The zero-order chi connectivity index (χ0) is 10.9. The topological polar surface area (TPSA) is 93.3 Å². The van der Waals surface area contributed by atoms with E-state index in [1.807, 2.05) is 0 Å². The summed E-state index contributed by atoms with van der Waals surface area (Å²) in [6.07, 6.45) is 1.19. The molecule has 6 heteroatoms. The number of carboxylic acids is 1. The van der Waals surface area contributed by atoms with Crippen LogP contribution in [0.3, 0.4) is 0 Å². The fourth-order valence-electron chi connectivity index (χ4n) is 1.22. The van der Waals surface area contributed by atoms with Crippen molar-refractivity contribution in [2.24, 2.45) is 0 Å². The second kappa shape index (κ2) is 3.41. The summed E-state index contributed by atoms with van der Waals surface area (Å²) in [4.78, 5) is 24.2. The van der Waals surface area contributed by atoms with Crippen molar-refractivity contribution >= 4 is 11.7 Å². The summed E-state index contributed by atoms with van der Waals surface area (Å²) in [5.41, 5.74) is -0.0142. The Hall–Kier alpha value is -1.98. The molecule has 6 nitrogen and oxygen atoms in total. The molecule has 0 saturated carbocycles. The van der Waals surface area contributed by atoms with E-state index in [4.69, 9.17) is 5.11 Å². The maximum absolute atomic E-state index is 10.6. The molecule has 0 unspecified atom stereocenters. The minimum atomic E-state index is -1.26. The lowest BCUT2D eigenvalue weighted by atomic mass is 10.1. The van der Waals surface area contributed by atoms with Gasteiger partial charge >= 0.3 is 5.97 Å². The molecule has 14 heavy (non-hydrogen) atoms. The number of aromatic nitrogens is 1. The van der Waals surface area contributed by atoms with Gasteiger partial charge in [-0.15, -0.1) is 0 Å². The molecule has 0 saturated heterocycles. The Morgan fingerprint density at radius 3 is 2.57 bits per heavy atom. The molecule has 1 aromatic heterocycles. The van der Waals surface area contributed by atoms with E-state index in [0.717, 1.165) is 0 Å². The Kier molecular flexibility index (Phi) is 2.46. The molecule has 0 fully saturated rings. The van der Waals surface area contributed by atoms with E-state index in [1.54, 1.807) is 0 Å². The second-order valence-electron chi connectivity index (χ2n) is 2.83. The van der Waals surface area contributed by atoms with Crippen LogP contribution in [-0.2, 0) is 0 Å². The van der Waals surface area contributed by atoms with Crippen LogP contribution < -0.4 is 0 Å². The first-order chi connectivity index (χ1) is 6.45. The van der Waals surface area contributed by atoms with Crippen molar-refractivity contribution < 1.29 is 14.8 Å². The molecule has 0 bridgehead atoms. The monoisotopic (exact) mass is 196 g/mol. The third kappa shape index (κ3) is 1.54. The summed E-state index contributed by atoms with van der Waals surface area (Å²) in [7, 11) is 0. The number of aryl methyl sites for hydroxylation is 1. The normalized spacial score (nSPS) is 9.86. The van der Waals surface area contributed by atoms with Gasteiger partial charge in [-0.25, -0.2) is 9.78 Å². The molecule has 0 atom stereocenters. The Labute approximate surface area is 79.4 Å². The highest BCUT2D eigenvalue weighted by Gasteiger charge is 2.21. The smallest absolute Gasteiger partial charge is 0.355 e. The molecule has 1 heterocycles. The Morgan fingerprint density at radius 1 is 1.57 bits per heavy atom. The minimum Gasteiger partial charge on any atom is -0.476 e. The lowest BCUT2D eigenvalue weighted by Gasteiger charge is -2.02. The fraction of sp³-hybridized carbons (Fsp3) is 0.250. The molecule has 1 rings (SSSR count). The number of nitrogens with zero attached hydrogens (tertiary/aromatic N) is 2. The van der Waals surface area contributed by atoms with Crippen molar-refractivity contribution in [1.82, 2.24) is 4.98 Å². The van der Waals surface area contributed by atoms with E-state index in [9.17, 15) is 14.9 Å². The molecule has 74 valence electrons. The zero-order valence-corrected chi connectivity index (χ0v) is 7.64. The van der Waals surface area contributed by atoms with Crippen LogP contribution in [0.2, 0.25) is 0 Å². The first kappa shape index (κ1) is 10.1. The van der Waals surface area contributed by atoms with Crippen molar-refractivity contribution in [2.45, 2.75) is 13.8 Å². The molecule has 0 aliphatic heterocycles. The Balaban J connectivity index is 3.49. The van der Waals surface area contributed by atoms with Gasteiger partial charge in [-0.05, 0) is 13.8 Å². The number of hydrogen-bond acceptors (Lipinski definition) is 4. The molecule has 0 aromatic carbocycles. The van der Waals surface area contributed by atoms with Crippen molar-refractivity contribution in [3.05, 3.63) is 33.1 Å². The van der Waals surface area contributed by atoms with Gasteiger partial charge in [0.25, 0.3) is 5.69 Å². The minimum absolute atomic E-state index is 0.0856. The third-order valence-electron chi connectivity index (χ3n) is 1.86. The van der Waals surface area contributed by atoms with E-state index in [2.05, 4.69) is 4.98 Å². The predicted molar refractivity (Wildman–Crippen MR) is 47.3 cm³/mol. The van der Waals surface area contributed by atoms with Crippen LogP contribution in [0.1, 0.15) is 21.6 Å². The number of pyridine rings is 1. The first-order valence-corrected chi connectivity index (χ1v) is 3.79. The number of carbonyl (C=O) groups is 1. The van der Waals surface area contributed by atoms with E-state index in [-0.39, 0.29) is 16.9 Å². The van der Waals surface area contributed by atoms with Gasteiger partial charge in [-0.1, -0.05) is 0 Å². The van der Waals surface area contributed by atoms with Gasteiger partial charge in [0.05, 0.1) is 10.5 Å². The average molecular weight is 196 g/mol. The van der Waals surface area contributed by atoms with E-state index in [1.165, 1.54) is 20.0 Å². The van der Waals surface area contributed by atoms with Gasteiger partial charge in [0.2, 0.25) is 0 Å². The largest absolute Gasteiger partial charge is 0.476 e. The highest BCUT2D eigenvalue weighted by atomic mass is 16.6. The van der Waals surface area contributed by atoms with Gasteiger partial charge in [-0.2, -0.15) is 0 Å². The Morgan fingerprint density at radius 2 is 2.14 bits per heavy atom. The van der Waals surface area contributed by atoms with E-state index < -0.39 is 10.9 Å². The van der Waals surface area contributed by atoms with Crippen LogP contribution in [0.15, 0.2) is 6.20 Å². The third-order valence-corrected chi connectivity index (χ3v) is 1.86. The van der Waals surface area contributed by atoms with Crippen LogP contribution in [0.4, 0.5) is 5.69 Å². The van der Waals surface area contributed by atoms with Crippen LogP contribution >= 0.6 is 0 Å². The summed E-state index contributed by atoms with van der Waals surface area (Å²) < 4.78 is 0. The number of hydrogen-bond donors (Lipinski definition) is 1. The second-order valence-corrected chi connectivity index (χ2v) is 2.83. The predicted octanol–water partition coefficient (Wildman–Crippen LogP) is 1.30. The van der Waals surface area contributed by atoms with Gasteiger partial charge in [0, 0.05) is 11.8 Å². The summed E-state index contributed by atoms with van der Waals surface area (Å²) in [5.74, 6) is -1.26. The SMILES string of the molecule is Cc1cnc(C(=O)O)c(C)c1[N+](=O)[O-]. The lowest BCUT2D eigenvalue weighted by molar-refractivity contribution is -0.386. The van der Waals surface area contributed by atoms with Gasteiger partial charge in [-0.3, -0.25) is 10.1 Å². The maximum atomic E-state index is 10.6. The van der Waals surface area contributed by atoms with E-state index >= 15 is 0 Å². The number of aromatic carboxylic acids is 1. The molecule has 0 aliphatic rings. The molecule has 0 amide bonds. The average Bonchev–Trinajstić information content (AvgIpc) is 2.02. The molecule has 0 radical (unpaired) electrons. The molecule has 1 N–H and O–H groups in total. The lowest BCUT2D eigenvalue weighted by Crippen LogP contribution is -2.07. The van der Waals surface area contributed by atoms with Crippen LogP contribution in [0.5, 0.6) is 0 Å². The van der Waals surface area contributed by atoms with Crippen LogP contribution in [0.25, 0.3) is 0 Å². The summed E-state index contributed by atoms with van der Waals surface area (Å²) in [6.45, 7) is 2.89. The molecular weight excluding hydrogens is 188 g/mol. The maximum Gasteiger partial charge on any atom is 0.355 e.